The molecule has 4 rings (SSSR count). The predicted octanol–water partition coefficient (Wildman–Crippen LogP) is 3.82. The molecule has 1 N–H and O–H groups in total. The lowest BCUT2D eigenvalue weighted by Crippen LogP contribution is -2.07. The average molecular weight is 405 g/mol. The monoisotopic (exact) mass is 404 g/mol. The highest BCUT2D eigenvalue weighted by atomic mass is 15.5. The highest BCUT2D eigenvalue weighted by molar-refractivity contribution is 5.61. The van der Waals surface area contributed by atoms with E-state index in [1.165, 1.54) is 5.56 Å². The molecule has 0 atom stereocenters. The number of nitrogens with zero attached hydrogens (tertiary/aromatic N) is 7. The van der Waals surface area contributed by atoms with Gasteiger partial charge >= 0.3 is 0 Å². The number of benzene rings is 1. The maximum atomic E-state index is 4.73. The molecule has 3 aromatic heterocycles. The summed E-state index contributed by atoms with van der Waals surface area (Å²) >= 11 is 0. The molecule has 0 aliphatic rings. The summed E-state index contributed by atoms with van der Waals surface area (Å²) in [5, 5.41) is 19.2. The molecule has 0 spiro atoms. The summed E-state index contributed by atoms with van der Waals surface area (Å²) in [4.78, 5) is 4.73. The van der Waals surface area contributed by atoms with E-state index >= 15 is 0 Å². The van der Waals surface area contributed by atoms with Crippen molar-refractivity contribution in [3.63, 3.8) is 0 Å². The molecule has 0 fully saturated rings. The Kier molecular flexibility index (Phi) is 5.74. The van der Waals surface area contributed by atoms with Gasteiger partial charge in [-0.15, -0.1) is 5.10 Å². The van der Waals surface area contributed by atoms with E-state index in [4.69, 9.17) is 10.1 Å². The second kappa shape index (κ2) is 8.61. The number of hydrogen-bond acceptors (Lipinski definition) is 5. The number of H-pyrrole nitrogens is 1. The lowest BCUT2D eigenvalue weighted by Gasteiger charge is -2.12. The van der Waals surface area contributed by atoms with Gasteiger partial charge in [-0.05, 0) is 66.4 Å². The molecular weight excluding hydrogens is 376 g/mol. The number of hydrogen-bond donors (Lipinski definition) is 1. The van der Waals surface area contributed by atoms with E-state index in [1.807, 2.05) is 0 Å². The van der Waals surface area contributed by atoms with Crippen molar-refractivity contribution in [2.75, 3.05) is 0 Å². The molecule has 0 saturated carbocycles. The van der Waals surface area contributed by atoms with E-state index in [0.29, 0.717) is 5.82 Å². The first-order valence-corrected chi connectivity index (χ1v) is 10.6. The van der Waals surface area contributed by atoms with Gasteiger partial charge in [0.2, 0.25) is 0 Å². The first-order chi connectivity index (χ1) is 14.6. The van der Waals surface area contributed by atoms with Crippen LogP contribution in [0.2, 0.25) is 0 Å². The molecule has 0 saturated heterocycles. The van der Waals surface area contributed by atoms with Crippen LogP contribution in [0.15, 0.2) is 30.3 Å². The minimum absolute atomic E-state index is 0.667. The van der Waals surface area contributed by atoms with Gasteiger partial charge in [-0.2, -0.15) is 5.10 Å². The average Bonchev–Trinajstić information content (AvgIpc) is 3.43. The highest BCUT2D eigenvalue weighted by Gasteiger charge is 2.16. The van der Waals surface area contributed by atoms with Gasteiger partial charge in [0, 0.05) is 24.2 Å². The maximum absolute atomic E-state index is 4.73. The summed E-state index contributed by atoms with van der Waals surface area (Å²) in [7, 11) is 0. The molecule has 0 bridgehead atoms. The van der Waals surface area contributed by atoms with Crippen LogP contribution in [0.4, 0.5) is 0 Å². The molecular formula is C22H28N8. The van der Waals surface area contributed by atoms with Crippen LogP contribution < -0.4 is 0 Å². The lowest BCUT2D eigenvalue weighted by atomic mass is 10.2. The lowest BCUT2D eigenvalue weighted by molar-refractivity contribution is 0.623. The third-order valence-corrected chi connectivity index (χ3v) is 5.21. The molecule has 0 unspecified atom stereocenters. The van der Waals surface area contributed by atoms with Crippen molar-refractivity contribution in [1.82, 2.24) is 40.0 Å². The summed E-state index contributed by atoms with van der Waals surface area (Å²) in [6.45, 7) is 9.23. The van der Waals surface area contributed by atoms with Crippen molar-refractivity contribution in [1.29, 1.82) is 0 Å². The van der Waals surface area contributed by atoms with Crippen LogP contribution in [-0.4, -0.2) is 40.0 Å². The maximum Gasteiger partial charge on any atom is 0.196 e. The van der Waals surface area contributed by atoms with Crippen LogP contribution in [0.1, 0.15) is 55.2 Å². The molecule has 30 heavy (non-hydrogen) atoms. The quantitative estimate of drug-likeness (QED) is 0.482. The summed E-state index contributed by atoms with van der Waals surface area (Å²) in [5.41, 5.74) is 5.53. The first kappa shape index (κ1) is 20.0. The van der Waals surface area contributed by atoms with Crippen molar-refractivity contribution in [3.05, 3.63) is 58.8 Å². The third-order valence-electron chi connectivity index (χ3n) is 5.21. The largest absolute Gasteiger partial charge is 0.311 e. The van der Waals surface area contributed by atoms with Gasteiger partial charge in [0.15, 0.2) is 11.6 Å². The molecule has 4 aromatic rings. The number of tetrazole rings is 1. The van der Waals surface area contributed by atoms with Gasteiger partial charge in [0.25, 0.3) is 0 Å². The van der Waals surface area contributed by atoms with E-state index < -0.39 is 0 Å². The van der Waals surface area contributed by atoms with Gasteiger partial charge in [-0.3, -0.25) is 0 Å². The van der Waals surface area contributed by atoms with Gasteiger partial charge in [-0.25, -0.2) is 14.8 Å². The fourth-order valence-corrected chi connectivity index (χ4v) is 3.90. The van der Waals surface area contributed by atoms with Crippen molar-refractivity contribution in [3.8, 4) is 17.2 Å². The van der Waals surface area contributed by atoms with Crippen molar-refractivity contribution >= 4 is 0 Å². The highest BCUT2D eigenvalue weighted by Crippen LogP contribution is 2.27. The number of aryl methyl sites for hydroxylation is 4. The van der Waals surface area contributed by atoms with E-state index in [9.17, 15) is 0 Å². The van der Waals surface area contributed by atoms with Crippen LogP contribution in [0.25, 0.3) is 17.2 Å². The minimum Gasteiger partial charge on any atom is -0.311 e. The summed E-state index contributed by atoms with van der Waals surface area (Å²) in [5.74, 6) is 2.68. The summed E-state index contributed by atoms with van der Waals surface area (Å²) in [6, 6.07) is 10.7. The minimum atomic E-state index is 0.667. The number of aromatic amines is 1. The Morgan fingerprint density at radius 2 is 1.77 bits per heavy atom. The van der Waals surface area contributed by atoms with Gasteiger partial charge < -0.3 is 4.57 Å². The number of aromatic nitrogens is 8. The van der Waals surface area contributed by atoms with E-state index in [2.05, 4.69) is 87.9 Å². The van der Waals surface area contributed by atoms with Crippen LogP contribution in [0.5, 0.6) is 0 Å². The fraction of sp³-hybridized carbons (Fsp3) is 0.409. The Morgan fingerprint density at radius 3 is 2.43 bits per heavy atom. The molecule has 1 aromatic carbocycles. The molecule has 8 heteroatoms. The second-order valence-corrected chi connectivity index (χ2v) is 7.67. The van der Waals surface area contributed by atoms with Crippen molar-refractivity contribution in [2.24, 2.45) is 0 Å². The van der Waals surface area contributed by atoms with Crippen LogP contribution in [0, 0.1) is 13.8 Å². The third kappa shape index (κ3) is 3.90. The molecule has 0 aliphatic carbocycles. The summed E-state index contributed by atoms with van der Waals surface area (Å²) in [6.07, 6.45) is 4.00. The fourth-order valence-electron chi connectivity index (χ4n) is 3.90. The Hall–Kier alpha value is -3.29. The molecule has 0 amide bonds. The Bertz CT molecular complexity index is 1100. The molecule has 156 valence electrons. The topological polar surface area (TPSA) is 90.1 Å². The molecule has 0 aliphatic heterocycles. The standard InChI is InChI=1S/C22H28N8/c1-5-7-19-23-20(8-6-2)29(26-19)14-17-9-11-18(12-10-17)30-16(4)13-15(3)21(30)22-24-27-28-25-22/h9-13H,5-8,14H2,1-4H3,(H,24,25,27,28). The van der Waals surface area contributed by atoms with Crippen LogP contribution in [0.3, 0.4) is 0 Å². The zero-order chi connectivity index (χ0) is 21.1. The van der Waals surface area contributed by atoms with Gasteiger partial charge in [0.05, 0.1) is 12.2 Å². The molecule has 3 heterocycles. The first-order valence-electron chi connectivity index (χ1n) is 10.6. The Morgan fingerprint density at radius 1 is 1.00 bits per heavy atom. The smallest absolute Gasteiger partial charge is 0.196 e. The zero-order valence-corrected chi connectivity index (χ0v) is 18.1. The number of nitrogens with one attached hydrogen (secondary N) is 1. The zero-order valence-electron chi connectivity index (χ0n) is 18.1. The van der Waals surface area contributed by atoms with Gasteiger partial charge in [0.1, 0.15) is 5.82 Å². The Balaban J connectivity index is 1.62. The van der Waals surface area contributed by atoms with Crippen LogP contribution in [-0.2, 0) is 19.4 Å². The normalized spacial score (nSPS) is 11.3. The van der Waals surface area contributed by atoms with E-state index in [-0.39, 0.29) is 0 Å². The molecule has 0 radical (unpaired) electrons. The summed E-state index contributed by atoms with van der Waals surface area (Å²) < 4.78 is 4.23. The van der Waals surface area contributed by atoms with Crippen molar-refractivity contribution < 1.29 is 0 Å². The van der Waals surface area contributed by atoms with Crippen molar-refractivity contribution in [2.45, 2.75) is 59.9 Å². The SMILES string of the molecule is CCCc1nc(CCC)n(Cc2ccc(-n3c(C)cc(C)c3-c3nnn[nH]3)cc2)n1. The Labute approximate surface area is 176 Å². The van der Waals surface area contributed by atoms with E-state index in [0.717, 1.165) is 66.5 Å². The number of rotatable bonds is 8. The second-order valence-electron chi connectivity index (χ2n) is 7.67. The van der Waals surface area contributed by atoms with Crippen LogP contribution >= 0.6 is 0 Å². The van der Waals surface area contributed by atoms with E-state index in [1.54, 1.807) is 0 Å². The predicted molar refractivity (Wildman–Crippen MR) is 116 cm³/mol. The molecule has 8 nitrogen and oxygen atoms in total. The van der Waals surface area contributed by atoms with Gasteiger partial charge in [-0.1, -0.05) is 26.0 Å².